The molecule has 0 atom stereocenters. The van der Waals surface area contributed by atoms with Crippen molar-refractivity contribution in [3.8, 4) is 0 Å². The number of hydrazone groups is 1. The van der Waals surface area contributed by atoms with Crippen molar-refractivity contribution in [2.24, 2.45) is 12.1 Å². The molecule has 0 unspecified atom stereocenters. The van der Waals surface area contributed by atoms with E-state index >= 15 is 0 Å². The molecule has 0 aliphatic rings. The van der Waals surface area contributed by atoms with E-state index in [1.54, 1.807) is 17.9 Å². The van der Waals surface area contributed by atoms with Crippen LogP contribution in [0.5, 0.6) is 0 Å². The highest BCUT2D eigenvalue weighted by Crippen LogP contribution is 2.22. The van der Waals surface area contributed by atoms with Crippen LogP contribution in [-0.2, 0) is 7.05 Å². The molecule has 1 aromatic heterocycles. The number of carbonyl (C=O) groups excluding carboxylic acids is 1. The van der Waals surface area contributed by atoms with Crippen LogP contribution in [0.15, 0.2) is 29.5 Å². The Morgan fingerprint density at radius 1 is 1.55 bits per heavy atom. The number of hydrogen-bond acceptors (Lipinski definition) is 5. The van der Waals surface area contributed by atoms with Crippen molar-refractivity contribution in [1.82, 2.24) is 15.2 Å². The number of rotatable bonds is 4. The number of carbonyl (C=O) groups is 1. The van der Waals surface area contributed by atoms with Crippen LogP contribution in [0, 0.1) is 17.0 Å². The highest BCUT2D eigenvalue weighted by Gasteiger charge is 2.14. The molecule has 0 saturated heterocycles. The molecule has 2 aromatic rings. The summed E-state index contributed by atoms with van der Waals surface area (Å²) in [6.45, 7) is 1.86. The molecule has 2 rings (SSSR count). The number of amides is 1. The lowest BCUT2D eigenvalue weighted by Gasteiger charge is -2.02. The molecule has 0 radical (unpaired) electrons. The van der Waals surface area contributed by atoms with Crippen LogP contribution < -0.4 is 5.43 Å². The number of halogens is 1. The van der Waals surface area contributed by atoms with Crippen LogP contribution in [0.4, 0.5) is 5.69 Å². The summed E-state index contributed by atoms with van der Waals surface area (Å²) in [5, 5.41) is 18.5. The maximum absolute atomic E-state index is 11.9. The van der Waals surface area contributed by atoms with E-state index in [-0.39, 0.29) is 16.3 Å². The summed E-state index contributed by atoms with van der Waals surface area (Å²) in [5.74, 6) is -0.558. The predicted molar refractivity (Wildman–Crippen MR) is 81.1 cm³/mol. The number of hydrogen-bond donors (Lipinski definition) is 1. The fourth-order valence-electron chi connectivity index (χ4n) is 1.66. The first-order valence-electron chi connectivity index (χ1n) is 6.16. The van der Waals surface area contributed by atoms with E-state index in [4.69, 9.17) is 11.6 Å². The van der Waals surface area contributed by atoms with Crippen molar-refractivity contribution in [3.05, 3.63) is 56.4 Å². The fourth-order valence-corrected chi connectivity index (χ4v) is 1.93. The molecule has 8 nitrogen and oxygen atoms in total. The normalized spacial score (nSPS) is 10.9. The van der Waals surface area contributed by atoms with Crippen molar-refractivity contribution >= 4 is 29.4 Å². The Morgan fingerprint density at radius 2 is 2.27 bits per heavy atom. The molecule has 0 aliphatic heterocycles. The third-order valence-electron chi connectivity index (χ3n) is 3.05. The van der Waals surface area contributed by atoms with Gasteiger partial charge in [0, 0.05) is 30.4 Å². The first kappa shape index (κ1) is 15.6. The van der Waals surface area contributed by atoms with Crippen LogP contribution in [0.25, 0.3) is 0 Å². The number of aromatic nitrogens is 2. The van der Waals surface area contributed by atoms with Crippen molar-refractivity contribution in [2.75, 3.05) is 0 Å². The van der Waals surface area contributed by atoms with Crippen molar-refractivity contribution in [2.45, 2.75) is 6.92 Å². The van der Waals surface area contributed by atoms with Crippen LogP contribution in [0.2, 0.25) is 5.02 Å². The van der Waals surface area contributed by atoms with Gasteiger partial charge < -0.3 is 0 Å². The molecule has 0 spiro atoms. The zero-order valence-electron chi connectivity index (χ0n) is 11.8. The van der Waals surface area contributed by atoms with E-state index in [1.807, 2.05) is 6.92 Å². The van der Waals surface area contributed by atoms with E-state index in [0.717, 1.165) is 17.3 Å². The van der Waals surface area contributed by atoms with E-state index in [0.29, 0.717) is 0 Å². The highest BCUT2D eigenvalue weighted by atomic mass is 35.5. The van der Waals surface area contributed by atoms with Gasteiger partial charge in [-0.25, -0.2) is 5.43 Å². The second-order valence-electron chi connectivity index (χ2n) is 4.43. The molecular formula is C13H12ClN5O3. The Kier molecular flexibility index (Phi) is 4.52. The molecule has 0 saturated carbocycles. The topological polar surface area (TPSA) is 102 Å². The number of benzene rings is 1. The lowest BCUT2D eigenvalue weighted by molar-refractivity contribution is -0.384. The van der Waals surface area contributed by atoms with Gasteiger partial charge in [-0.15, -0.1) is 0 Å². The minimum atomic E-state index is -0.586. The monoisotopic (exact) mass is 321 g/mol. The van der Waals surface area contributed by atoms with Gasteiger partial charge in [-0.2, -0.15) is 10.2 Å². The van der Waals surface area contributed by atoms with E-state index in [1.165, 1.54) is 18.3 Å². The van der Waals surface area contributed by atoms with E-state index in [2.05, 4.69) is 15.6 Å². The van der Waals surface area contributed by atoms with Gasteiger partial charge in [-0.05, 0) is 13.0 Å². The quantitative estimate of drug-likeness (QED) is 0.529. The van der Waals surface area contributed by atoms with Crippen LogP contribution in [-0.4, -0.2) is 26.8 Å². The van der Waals surface area contributed by atoms with Gasteiger partial charge in [0.1, 0.15) is 0 Å². The Bertz CT molecular complexity index is 769. The fraction of sp³-hybridized carbons (Fsp3) is 0.154. The third-order valence-corrected chi connectivity index (χ3v) is 3.36. The van der Waals surface area contributed by atoms with Crippen molar-refractivity contribution < 1.29 is 9.72 Å². The number of nitrogens with one attached hydrogen (secondary N) is 1. The highest BCUT2D eigenvalue weighted by molar-refractivity contribution is 6.34. The Hall–Kier alpha value is -2.74. The first-order chi connectivity index (χ1) is 10.4. The molecule has 22 heavy (non-hydrogen) atoms. The smallest absolute Gasteiger partial charge is 0.272 e. The maximum Gasteiger partial charge on any atom is 0.272 e. The summed E-state index contributed by atoms with van der Waals surface area (Å²) in [6.07, 6.45) is 3.07. The summed E-state index contributed by atoms with van der Waals surface area (Å²) in [4.78, 5) is 22.0. The number of nitrogens with zero attached hydrogens (tertiary/aromatic N) is 4. The zero-order valence-corrected chi connectivity index (χ0v) is 12.5. The van der Waals surface area contributed by atoms with Gasteiger partial charge in [0.15, 0.2) is 0 Å². The molecule has 0 aliphatic carbocycles. The maximum atomic E-state index is 11.9. The van der Waals surface area contributed by atoms with Gasteiger partial charge in [0.05, 0.1) is 27.9 Å². The summed E-state index contributed by atoms with van der Waals surface area (Å²) in [6, 6.07) is 3.60. The largest absolute Gasteiger partial charge is 0.272 e. The van der Waals surface area contributed by atoms with Gasteiger partial charge in [-0.1, -0.05) is 11.6 Å². The number of non-ortho nitro benzene ring substituents is 1. The summed E-state index contributed by atoms with van der Waals surface area (Å²) >= 11 is 5.86. The van der Waals surface area contributed by atoms with Gasteiger partial charge in [0.2, 0.25) is 0 Å². The van der Waals surface area contributed by atoms with E-state index in [9.17, 15) is 14.9 Å². The Balaban J connectivity index is 2.09. The number of nitro benzene ring substituents is 1. The Morgan fingerprint density at radius 3 is 2.82 bits per heavy atom. The lowest BCUT2D eigenvalue weighted by Crippen LogP contribution is -2.18. The summed E-state index contributed by atoms with van der Waals surface area (Å²) in [7, 11) is 1.79. The average molecular weight is 322 g/mol. The molecule has 114 valence electrons. The van der Waals surface area contributed by atoms with Crippen LogP contribution in [0.1, 0.15) is 21.6 Å². The molecule has 1 amide bonds. The molecule has 1 heterocycles. The van der Waals surface area contributed by atoms with Crippen LogP contribution in [0.3, 0.4) is 0 Å². The first-order valence-corrected chi connectivity index (χ1v) is 6.54. The second kappa shape index (κ2) is 6.35. The second-order valence-corrected chi connectivity index (χ2v) is 4.84. The number of nitro groups is 1. The number of aryl methyl sites for hydroxylation is 1. The molecular weight excluding hydrogens is 310 g/mol. The molecule has 1 N–H and O–H groups in total. The third kappa shape index (κ3) is 3.29. The molecule has 0 fully saturated rings. The van der Waals surface area contributed by atoms with Crippen molar-refractivity contribution in [1.29, 1.82) is 0 Å². The standard InChI is InChI=1S/C13H12ClN5O3/c1-8-9(7-16-18(8)2)6-15-17-13(20)11-4-3-10(19(21)22)5-12(11)14/h3-7H,1-2H3,(H,17,20). The van der Waals surface area contributed by atoms with Gasteiger partial charge in [0.25, 0.3) is 11.6 Å². The Labute approximate surface area is 130 Å². The van der Waals surface area contributed by atoms with E-state index < -0.39 is 10.8 Å². The van der Waals surface area contributed by atoms with Crippen molar-refractivity contribution in [3.63, 3.8) is 0 Å². The molecule has 1 aromatic carbocycles. The SMILES string of the molecule is Cc1c(C=NNC(=O)c2ccc([N+](=O)[O-])cc2Cl)cnn1C. The molecule has 0 bridgehead atoms. The average Bonchev–Trinajstić information content (AvgIpc) is 2.79. The lowest BCUT2D eigenvalue weighted by atomic mass is 10.2. The minimum Gasteiger partial charge on any atom is -0.272 e. The molecule has 9 heteroatoms. The summed E-state index contributed by atoms with van der Waals surface area (Å²) in [5.41, 5.74) is 3.89. The zero-order chi connectivity index (χ0) is 16.3. The van der Waals surface area contributed by atoms with Gasteiger partial charge in [-0.3, -0.25) is 19.6 Å². The summed E-state index contributed by atoms with van der Waals surface area (Å²) < 4.78 is 1.68. The predicted octanol–water partition coefficient (Wildman–Crippen LogP) is 2.05. The van der Waals surface area contributed by atoms with Crippen LogP contribution >= 0.6 is 11.6 Å². The van der Waals surface area contributed by atoms with Gasteiger partial charge >= 0.3 is 0 Å². The minimum absolute atomic E-state index is 0.0144.